The molecular formula is C32H28N6O3S2. The van der Waals surface area contributed by atoms with Crippen LogP contribution < -0.4 is 21.3 Å². The van der Waals surface area contributed by atoms with Crippen molar-refractivity contribution in [3.05, 3.63) is 127 Å². The number of aromatic nitrogens is 4. The number of amides is 1. The third-order valence-corrected chi connectivity index (χ3v) is 8.75. The van der Waals surface area contributed by atoms with Gasteiger partial charge in [0.25, 0.3) is 17.0 Å². The molecule has 0 bridgehead atoms. The predicted octanol–water partition coefficient (Wildman–Crippen LogP) is 4.86. The molecule has 1 saturated heterocycles. The fourth-order valence-corrected chi connectivity index (χ4v) is 6.40. The Bertz CT molecular complexity index is 2050. The largest absolute Gasteiger partial charge is 0.369 e. The highest BCUT2D eigenvalue weighted by Gasteiger charge is 2.38. The van der Waals surface area contributed by atoms with Crippen LogP contribution in [0, 0.1) is 13.8 Å². The summed E-state index contributed by atoms with van der Waals surface area (Å²) in [5, 5.41) is 3.32. The summed E-state index contributed by atoms with van der Waals surface area (Å²) in [6.45, 7) is 4.20. The summed E-state index contributed by atoms with van der Waals surface area (Å²) in [6.07, 6.45) is 3.91. The van der Waals surface area contributed by atoms with E-state index in [1.54, 1.807) is 30.9 Å². The molecule has 11 heteroatoms. The number of fused-ring (bicyclic) bond motifs is 1. The number of benzene rings is 2. The Hall–Kier alpha value is -4.74. The summed E-state index contributed by atoms with van der Waals surface area (Å²) < 4.78 is 4.89. The van der Waals surface area contributed by atoms with Gasteiger partial charge < -0.3 is 5.32 Å². The number of thiocarbonyl (C=S) groups is 1. The average Bonchev–Trinajstić information content (AvgIpc) is 3.40. The number of nitrogens with one attached hydrogen (secondary N) is 1. The van der Waals surface area contributed by atoms with Crippen molar-refractivity contribution in [1.82, 2.24) is 18.7 Å². The van der Waals surface area contributed by atoms with Crippen molar-refractivity contribution in [2.24, 2.45) is 7.05 Å². The first-order valence-electron chi connectivity index (χ1n) is 13.7. The second kappa shape index (κ2) is 11.5. The average molecular weight is 609 g/mol. The lowest BCUT2D eigenvalue weighted by molar-refractivity contribution is -0.113. The van der Waals surface area contributed by atoms with Crippen LogP contribution in [0.2, 0.25) is 0 Å². The Morgan fingerprint density at radius 2 is 1.63 bits per heavy atom. The van der Waals surface area contributed by atoms with Crippen LogP contribution in [0.1, 0.15) is 22.4 Å². The van der Waals surface area contributed by atoms with Crippen molar-refractivity contribution in [1.29, 1.82) is 0 Å². The van der Waals surface area contributed by atoms with Crippen LogP contribution in [-0.4, -0.2) is 35.5 Å². The quantitative estimate of drug-likeness (QED) is 0.208. The summed E-state index contributed by atoms with van der Waals surface area (Å²) in [5.74, 6) is -0.0900. The normalized spacial score (nSPS) is 14.3. The second-order valence-electron chi connectivity index (χ2n) is 10.2. The Labute approximate surface area is 257 Å². The predicted molar refractivity (Wildman–Crippen MR) is 176 cm³/mol. The van der Waals surface area contributed by atoms with Gasteiger partial charge in [0.2, 0.25) is 0 Å². The van der Waals surface area contributed by atoms with E-state index in [1.807, 2.05) is 73.7 Å². The number of para-hydroxylation sites is 1. The molecule has 1 amide bonds. The Morgan fingerprint density at radius 1 is 0.930 bits per heavy atom. The maximum atomic E-state index is 13.9. The molecule has 0 radical (unpaired) electrons. The molecule has 1 fully saturated rings. The van der Waals surface area contributed by atoms with Gasteiger partial charge in [0, 0.05) is 19.8 Å². The maximum absolute atomic E-state index is 13.9. The van der Waals surface area contributed by atoms with Crippen LogP contribution in [0.15, 0.2) is 93.5 Å². The number of aryl methyl sites for hydroxylation is 1. The van der Waals surface area contributed by atoms with Gasteiger partial charge in [-0.1, -0.05) is 78.6 Å². The molecule has 0 atom stereocenters. The van der Waals surface area contributed by atoms with Crippen LogP contribution in [0.5, 0.6) is 0 Å². The van der Waals surface area contributed by atoms with Gasteiger partial charge in [0.1, 0.15) is 17.2 Å². The first-order valence-corrected chi connectivity index (χ1v) is 14.9. The number of rotatable bonds is 7. The Morgan fingerprint density at radius 3 is 2.35 bits per heavy atom. The highest BCUT2D eigenvalue weighted by atomic mass is 32.2. The molecule has 4 heterocycles. The standard InChI is InChI=1S/C32H28N6O3S2/c1-20-11-10-18-36-28(20)34-27(33-17-16-22-12-6-4-7-13-22)24(29(36)39)19-25-30(40)37(32(42)43-25)26-21(2)35(3)38(31(26)41)23-14-8-5-9-15-23/h4-15,18-19,33H,16-17H2,1-3H3. The van der Waals surface area contributed by atoms with Crippen LogP contribution in [0.25, 0.3) is 17.4 Å². The van der Waals surface area contributed by atoms with E-state index in [4.69, 9.17) is 17.2 Å². The molecular weight excluding hydrogens is 581 g/mol. The van der Waals surface area contributed by atoms with Crippen molar-refractivity contribution in [3.8, 4) is 5.69 Å². The smallest absolute Gasteiger partial charge is 0.296 e. The van der Waals surface area contributed by atoms with Gasteiger partial charge >= 0.3 is 0 Å². The summed E-state index contributed by atoms with van der Waals surface area (Å²) >= 11 is 6.67. The van der Waals surface area contributed by atoms with Gasteiger partial charge in [0.15, 0.2) is 4.32 Å². The van der Waals surface area contributed by atoms with E-state index >= 15 is 0 Å². The fraction of sp³-hybridized carbons (Fsp3) is 0.156. The molecule has 1 aliphatic heterocycles. The fourth-order valence-electron chi connectivity index (χ4n) is 5.15. The third-order valence-electron chi connectivity index (χ3n) is 7.45. The Balaban J connectivity index is 1.41. The first-order chi connectivity index (χ1) is 20.8. The van der Waals surface area contributed by atoms with Crippen LogP contribution in [-0.2, 0) is 18.3 Å². The van der Waals surface area contributed by atoms with E-state index in [2.05, 4.69) is 5.32 Å². The van der Waals surface area contributed by atoms with Crippen molar-refractivity contribution in [2.45, 2.75) is 20.3 Å². The number of thioether (sulfide) groups is 1. The zero-order chi connectivity index (χ0) is 30.2. The van der Waals surface area contributed by atoms with E-state index < -0.39 is 5.91 Å². The van der Waals surface area contributed by atoms with Gasteiger partial charge in [-0.2, -0.15) is 0 Å². The molecule has 0 unspecified atom stereocenters. The minimum atomic E-state index is -0.468. The monoisotopic (exact) mass is 608 g/mol. The summed E-state index contributed by atoms with van der Waals surface area (Å²) in [6, 6.07) is 22.9. The van der Waals surface area contributed by atoms with Crippen molar-refractivity contribution < 1.29 is 4.79 Å². The number of hydrogen-bond acceptors (Lipinski definition) is 7. The summed E-state index contributed by atoms with van der Waals surface area (Å²) in [5.41, 5.74) is 3.51. The molecule has 43 heavy (non-hydrogen) atoms. The maximum Gasteiger partial charge on any atom is 0.296 e. The van der Waals surface area contributed by atoms with Crippen LogP contribution >= 0.6 is 24.0 Å². The highest BCUT2D eigenvalue weighted by molar-refractivity contribution is 8.27. The highest BCUT2D eigenvalue weighted by Crippen LogP contribution is 2.36. The van der Waals surface area contributed by atoms with Gasteiger partial charge in [-0.3, -0.25) is 28.4 Å². The molecule has 6 rings (SSSR count). The number of nitrogens with zero attached hydrogens (tertiary/aromatic N) is 5. The van der Waals surface area contributed by atoms with Crippen molar-refractivity contribution >= 4 is 57.4 Å². The lowest BCUT2D eigenvalue weighted by Gasteiger charge is -2.13. The van der Waals surface area contributed by atoms with E-state index in [9.17, 15) is 14.4 Å². The lowest BCUT2D eigenvalue weighted by atomic mass is 10.1. The molecule has 1 aliphatic rings. The van der Waals surface area contributed by atoms with E-state index in [-0.39, 0.29) is 31.6 Å². The zero-order valence-electron chi connectivity index (χ0n) is 23.8. The molecule has 216 valence electrons. The van der Waals surface area contributed by atoms with E-state index in [0.717, 1.165) is 29.3 Å². The zero-order valence-corrected chi connectivity index (χ0v) is 25.4. The number of anilines is 2. The minimum Gasteiger partial charge on any atom is -0.369 e. The topological polar surface area (TPSA) is 93.6 Å². The van der Waals surface area contributed by atoms with Gasteiger partial charge in [-0.25, -0.2) is 9.67 Å². The van der Waals surface area contributed by atoms with Crippen LogP contribution in [0.3, 0.4) is 0 Å². The molecule has 9 nitrogen and oxygen atoms in total. The first kappa shape index (κ1) is 28.4. The summed E-state index contributed by atoms with van der Waals surface area (Å²) in [7, 11) is 1.76. The number of carbonyl (C=O) groups excluding carboxylic acids is 1. The van der Waals surface area contributed by atoms with E-state index in [0.29, 0.717) is 29.4 Å². The number of carbonyl (C=O) groups is 1. The van der Waals surface area contributed by atoms with Gasteiger partial charge in [-0.15, -0.1) is 0 Å². The molecule has 3 aromatic heterocycles. The molecule has 5 aromatic rings. The van der Waals surface area contributed by atoms with Gasteiger partial charge in [-0.05, 0) is 55.7 Å². The number of pyridine rings is 1. The molecule has 0 saturated carbocycles. The SMILES string of the molecule is Cc1cccn2c(=O)c(C=C3SC(=S)N(c4c(C)n(C)n(-c5ccccc5)c4=O)C3=O)c(NCCc3ccccc3)nc12. The summed E-state index contributed by atoms with van der Waals surface area (Å²) in [4.78, 5) is 47.6. The van der Waals surface area contributed by atoms with Crippen molar-refractivity contribution in [2.75, 3.05) is 16.8 Å². The van der Waals surface area contributed by atoms with Crippen molar-refractivity contribution in [3.63, 3.8) is 0 Å². The molecule has 0 spiro atoms. The minimum absolute atomic E-state index is 0.183. The molecule has 0 aliphatic carbocycles. The van der Waals surface area contributed by atoms with E-state index in [1.165, 1.54) is 20.1 Å². The Kier molecular flexibility index (Phi) is 7.59. The van der Waals surface area contributed by atoms with Crippen LogP contribution in [0.4, 0.5) is 11.5 Å². The number of hydrogen-bond donors (Lipinski definition) is 1. The molecule has 2 aromatic carbocycles. The lowest BCUT2D eigenvalue weighted by Crippen LogP contribution is -2.33. The molecule has 1 N–H and O–H groups in total. The second-order valence-corrected chi connectivity index (χ2v) is 11.8. The third kappa shape index (κ3) is 5.10. The van der Waals surface area contributed by atoms with Gasteiger partial charge in [0.05, 0.1) is 21.8 Å².